The molecule has 2 unspecified atom stereocenters. The van der Waals surface area contributed by atoms with Crippen molar-refractivity contribution in [2.45, 2.75) is 76.7 Å². The molecule has 174 valence electrons. The molecule has 1 aliphatic carbocycles. The number of hydroxylamine groups is 1. The Bertz CT molecular complexity index is 638. The number of allylic oxidation sites excluding steroid dienone is 1. The molecule has 2 fully saturated rings. The highest BCUT2D eigenvalue weighted by molar-refractivity contribution is 5.89. The van der Waals surface area contributed by atoms with Crippen molar-refractivity contribution in [3.8, 4) is 0 Å². The summed E-state index contributed by atoms with van der Waals surface area (Å²) in [6.45, 7) is 2.83. The molecule has 1 saturated carbocycles. The van der Waals surface area contributed by atoms with Gasteiger partial charge in [0, 0.05) is 31.3 Å². The van der Waals surface area contributed by atoms with E-state index in [9.17, 15) is 9.59 Å². The highest BCUT2D eigenvalue weighted by Crippen LogP contribution is 2.16. The van der Waals surface area contributed by atoms with Gasteiger partial charge in [-0.2, -0.15) is 0 Å². The van der Waals surface area contributed by atoms with Crippen molar-refractivity contribution in [3.63, 3.8) is 0 Å². The van der Waals surface area contributed by atoms with Crippen LogP contribution in [0.3, 0.4) is 0 Å². The van der Waals surface area contributed by atoms with E-state index in [-0.39, 0.29) is 18.2 Å². The van der Waals surface area contributed by atoms with Gasteiger partial charge in [-0.3, -0.25) is 9.79 Å². The molecular weight excluding hydrogens is 398 g/mol. The Morgan fingerprint density at radius 3 is 2.61 bits per heavy atom. The van der Waals surface area contributed by atoms with E-state index in [1.54, 1.807) is 19.2 Å². The summed E-state index contributed by atoms with van der Waals surface area (Å²) >= 11 is 0. The number of carbonyl (C=O) groups excluding carboxylic acids is 2. The van der Waals surface area contributed by atoms with Gasteiger partial charge in [-0.15, -0.1) is 0 Å². The van der Waals surface area contributed by atoms with Gasteiger partial charge in [0.1, 0.15) is 18.2 Å². The third-order valence-electron chi connectivity index (χ3n) is 5.27. The molecule has 0 aromatic carbocycles. The molecule has 2 heterocycles. The number of amidine groups is 1. The van der Waals surface area contributed by atoms with Crippen LogP contribution in [0.4, 0.5) is 0 Å². The van der Waals surface area contributed by atoms with Crippen molar-refractivity contribution in [2.24, 2.45) is 4.99 Å². The molecule has 0 bridgehead atoms. The average Bonchev–Trinajstić information content (AvgIpc) is 2.83. The molecule has 31 heavy (non-hydrogen) atoms. The maximum Gasteiger partial charge on any atom is 0.267 e. The van der Waals surface area contributed by atoms with Gasteiger partial charge in [0.05, 0.1) is 12.2 Å². The van der Waals surface area contributed by atoms with Crippen LogP contribution in [0.2, 0.25) is 0 Å². The molecular formula is C22H37N5O4. The molecule has 1 saturated heterocycles. The van der Waals surface area contributed by atoms with E-state index in [0.717, 1.165) is 37.3 Å². The van der Waals surface area contributed by atoms with Crippen LogP contribution in [-0.4, -0.2) is 56.6 Å². The van der Waals surface area contributed by atoms with Crippen LogP contribution in [0.15, 0.2) is 29.0 Å². The minimum absolute atomic E-state index is 0.365. The Morgan fingerprint density at radius 1 is 1.26 bits per heavy atom. The summed E-state index contributed by atoms with van der Waals surface area (Å²) in [5.41, 5.74) is 3.07. The van der Waals surface area contributed by atoms with E-state index in [4.69, 9.17) is 9.57 Å². The van der Waals surface area contributed by atoms with E-state index in [2.05, 4.69) is 33.5 Å². The van der Waals surface area contributed by atoms with E-state index >= 15 is 0 Å². The predicted octanol–water partition coefficient (Wildman–Crippen LogP) is 1.68. The quantitative estimate of drug-likeness (QED) is 0.273. The lowest BCUT2D eigenvalue weighted by Gasteiger charge is -2.21. The zero-order valence-corrected chi connectivity index (χ0v) is 18.7. The number of nitrogens with zero attached hydrogens (tertiary/aromatic N) is 1. The molecule has 9 heteroatoms. The normalized spacial score (nSPS) is 24.3. The number of aliphatic imine (C=N–C) groups is 1. The summed E-state index contributed by atoms with van der Waals surface area (Å²) in [5.74, 6) is 0.305. The third-order valence-corrected chi connectivity index (χ3v) is 5.27. The van der Waals surface area contributed by atoms with Crippen molar-refractivity contribution in [2.75, 3.05) is 20.2 Å². The van der Waals surface area contributed by atoms with E-state index < -0.39 is 0 Å². The van der Waals surface area contributed by atoms with Gasteiger partial charge < -0.3 is 25.5 Å². The van der Waals surface area contributed by atoms with Gasteiger partial charge in [-0.05, 0) is 45.7 Å². The zero-order chi connectivity index (χ0) is 22.3. The fourth-order valence-electron chi connectivity index (χ4n) is 3.43. The smallest absolute Gasteiger partial charge is 0.267 e. The molecule has 2 aliphatic heterocycles. The first kappa shape index (κ1) is 25.0. The summed E-state index contributed by atoms with van der Waals surface area (Å²) in [6, 6.07) is 0.457. The van der Waals surface area contributed by atoms with Crippen molar-refractivity contribution in [3.05, 3.63) is 24.0 Å². The van der Waals surface area contributed by atoms with Crippen LogP contribution in [-0.2, 0) is 19.2 Å². The van der Waals surface area contributed by atoms with Crippen molar-refractivity contribution < 1.29 is 19.2 Å². The molecule has 1 amide bonds. The van der Waals surface area contributed by atoms with Crippen LogP contribution in [0, 0.1) is 0 Å². The Hall–Kier alpha value is -2.23. The second-order valence-electron chi connectivity index (χ2n) is 7.89. The number of hydrogen-bond donors (Lipinski definition) is 4. The SMILES string of the molecule is CC(C=O)N=C1CNC(/C=C/C(=O)NOC2CCCCO2)=CN1.CNC1CCCCC1. The van der Waals surface area contributed by atoms with Crippen molar-refractivity contribution >= 4 is 18.0 Å². The van der Waals surface area contributed by atoms with Gasteiger partial charge in [0.15, 0.2) is 6.29 Å². The monoisotopic (exact) mass is 435 g/mol. The zero-order valence-electron chi connectivity index (χ0n) is 18.7. The first-order valence-electron chi connectivity index (χ1n) is 11.3. The van der Waals surface area contributed by atoms with Crippen LogP contribution in [0.25, 0.3) is 0 Å². The first-order chi connectivity index (χ1) is 15.1. The number of nitrogens with one attached hydrogen (secondary N) is 4. The minimum atomic E-state index is -0.380. The maximum atomic E-state index is 11.7. The number of ether oxygens (including phenoxy) is 1. The van der Waals surface area contributed by atoms with Crippen molar-refractivity contribution in [1.82, 2.24) is 21.4 Å². The van der Waals surface area contributed by atoms with Crippen LogP contribution in [0.5, 0.6) is 0 Å². The summed E-state index contributed by atoms with van der Waals surface area (Å²) in [5, 5.41) is 9.36. The Kier molecular flexibility index (Phi) is 11.9. The lowest BCUT2D eigenvalue weighted by Crippen LogP contribution is -2.37. The molecule has 3 rings (SSSR count). The lowest BCUT2D eigenvalue weighted by molar-refractivity contribution is -0.198. The number of rotatable bonds is 7. The molecule has 0 aromatic rings. The topological polar surface area (TPSA) is 113 Å². The summed E-state index contributed by atoms with van der Waals surface area (Å²) < 4.78 is 5.34. The number of aldehydes is 1. The second kappa shape index (κ2) is 14.7. The Balaban J connectivity index is 0.000000357. The highest BCUT2D eigenvalue weighted by Gasteiger charge is 2.15. The summed E-state index contributed by atoms with van der Waals surface area (Å²) in [7, 11) is 2.07. The average molecular weight is 436 g/mol. The van der Waals surface area contributed by atoms with E-state index in [1.165, 1.54) is 38.2 Å². The molecule has 4 N–H and O–H groups in total. The summed E-state index contributed by atoms with van der Waals surface area (Å²) in [4.78, 5) is 31.5. The molecule has 0 spiro atoms. The molecule has 0 aromatic heterocycles. The van der Waals surface area contributed by atoms with E-state index in [0.29, 0.717) is 19.0 Å². The maximum absolute atomic E-state index is 11.7. The van der Waals surface area contributed by atoms with Gasteiger partial charge in [-0.1, -0.05) is 19.3 Å². The van der Waals surface area contributed by atoms with Crippen molar-refractivity contribution in [1.29, 1.82) is 0 Å². The summed E-state index contributed by atoms with van der Waals surface area (Å²) in [6.07, 6.45) is 15.0. The number of amides is 1. The van der Waals surface area contributed by atoms with Gasteiger partial charge in [0.2, 0.25) is 0 Å². The second-order valence-corrected chi connectivity index (χ2v) is 7.89. The first-order valence-corrected chi connectivity index (χ1v) is 11.3. The molecule has 9 nitrogen and oxygen atoms in total. The lowest BCUT2D eigenvalue weighted by atomic mass is 9.96. The molecule has 2 atom stereocenters. The van der Waals surface area contributed by atoms with E-state index in [1.807, 2.05) is 0 Å². The number of hydrogen-bond acceptors (Lipinski definition) is 7. The van der Waals surface area contributed by atoms with Crippen LogP contribution in [0.1, 0.15) is 58.3 Å². The van der Waals surface area contributed by atoms with Gasteiger partial charge in [0.25, 0.3) is 5.91 Å². The third kappa shape index (κ3) is 10.6. The van der Waals surface area contributed by atoms with Crippen LogP contribution >= 0.6 is 0 Å². The molecule has 3 aliphatic rings. The minimum Gasteiger partial charge on any atom is -0.377 e. The predicted molar refractivity (Wildman–Crippen MR) is 120 cm³/mol. The Morgan fingerprint density at radius 2 is 2.03 bits per heavy atom. The Labute approximate surface area is 185 Å². The van der Waals surface area contributed by atoms with Crippen LogP contribution < -0.4 is 21.4 Å². The fraction of sp³-hybridized carbons (Fsp3) is 0.682. The number of carbonyl (C=O) groups is 2. The highest BCUT2D eigenvalue weighted by atomic mass is 16.8. The largest absolute Gasteiger partial charge is 0.377 e. The van der Waals surface area contributed by atoms with Gasteiger partial charge >= 0.3 is 0 Å². The standard InChI is InChI=1S/C15H22N4O4.C7H15N/c1-11(10-20)18-13-9-16-12(8-17-13)5-6-14(21)19-23-15-4-2-3-7-22-15;1-8-7-5-3-2-4-6-7/h5-6,8,10-11,15-16H,2-4,7,9H2,1H3,(H,17,18)(H,19,21);7-8H,2-6H2,1H3/b6-5+;. The fourth-order valence-corrected chi connectivity index (χ4v) is 3.43. The van der Waals surface area contributed by atoms with Gasteiger partial charge in [-0.25, -0.2) is 10.3 Å². The molecule has 0 radical (unpaired) electrons.